The van der Waals surface area contributed by atoms with Gasteiger partial charge < -0.3 is 5.32 Å². The second-order valence-corrected chi connectivity index (χ2v) is 7.20. The molecule has 0 bridgehead atoms. The van der Waals surface area contributed by atoms with Gasteiger partial charge in [0.1, 0.15) is 0 Å². The van der Waals surface area contributed by atoms with Gasteiger partial charge in [0.25, 0.3) is 5.91 Å². The minimum absolute atomic E-state index is 0.116. The van der Waals surface area contributed by atoms with Gasteiger partial charge in [0.2, 0.25) is 10.0 Å². The van der Waals surface area contributed by atoms with Crippen LogP contribution in [0, 0.1) is 6.92 Å². The van der Waals surface area contributed by atoms with Gasteiger partial charge in [-0.05, 0) is 37.3 Å². The summed E-state index contributed by atoms with van der Waals surface area (Å²) >= 11 is 0. The molecule has 128 valence electrons. The van der Waals surface area contributed by atoms with Gasteiger partial charge in [-0.1, -0.05) is 19.9 Å². The smallest absolute Gasteiger partial charge is 0.255 e. The van der Waals surface area contributed by atoms with Gasteiger partial charge >= 0.3 is 0 Å². The zero-order chi connectivity index (χ0) is 17.7. The molecule has 0 fully saturated rings. The predicted molar refractivity (Wildman–Crippen MR) is 93.5 cm³/mol. The molecule has 0 spiro atoms. The average molecular weight is 347 g/mol. The lowest BCUT2D eigenvalue weighted by atomic mass is 10.2. The van der Waals surface area contributed by atoms with E-state index in [0.29, 0.717) is 18.8 Å². The summed E-state index contributed by atoms with van der Waals surface area (Å²) in [6, 6.07) is 9.49. The molecule has 0 atom stereocenters. The van der Waals surface area contributed by atoms with Crippen molar-refractivity contribution in [3.05, 3.63) is 53.9 Å². The molecule has 2 aromatic rings. The highest BCUT2D eigenvalue weighted by Gasteiger charge is 2.22. The molecular weight excluding hydrogens is 326 g/mol. The Balaban J connectivity index is 2.28. The number of benzene rings is 1. The topological polar surface area (TPSA) is 79.4 Å². The van der Waals surface area contributed by atoms with Crippen LogP contribution in [0.3, 0.4) is 0 Å². The Morgan fingerprint density at radius 2 is 1.88 bits per heavy atom. The maximum Gasteiger partial charge on any atom is 0.255 e. The molecule has 1 amide bonds. The number of carbonyl (C=O) groups is 1. The standard InChI is InChI=1S/C17H21N3O3S/c1-4-20(5-2)24(22,23)16-8-6-7-14(12-16)17(21)19-15-9-10-18-13(3)11-15/h6-12H,4-5H2,1-3H3,(H,18,19,21). The van der Waals surface area contributed by atoms with Crippen molar-refractivity contribution in [3.63, 3.8) is 0 Å². The fraction of sp³-hybridized carbons (Fsp3) is 0.294. The summed E-state index contributed by atoms with van der Waals surface area (Å²) in [6.45, 7) is 6.15. The van der Waals surface area contributed by atoms with Gasteiger partial charge in [0.05, 0.1) is 4.90 Å². The van der Waals surface area contributed by atoms with Crippen LogP contribution in [0.1, 0.15) is 29.9 Å². The van der Waals surface area contributed by atoms with E-state index < -0.39 is 10.0 Å². The van der Waals surface area contributed by atoms with Crippen LogP contribution in [-0.4, -0.2) is 36.7 Å². The number of sulfonamides is 1. The Morgan fingerprint density at radius 3 is 2.50 bits per heavy atom. The van der Waals surface area contributed by atoms with Crippen LogP contribution >= 0.6 is 0 Å². The van der Waals surface area contributed by atoms with Crippen molar-refractivity contribution >= 4 is 21.6 Å². The fourth-order valence-electron chi connectivity index (χ4n) is 2.34. The van der Waals surface area contributed by atoms with Gasteiger partial charge in [-0.15, -0.1) is 0 Å². The van der Waals surface area contributed by atoms with E-state index >= 15 is 0 Å². The second kappa shape index (κ2) is 7.55. The number of hydrogen-bond donors (Lipinski definition) is 1. The third-order valence-electron chi connectivity index (χ3n) is 3.59. The molecule has 1 N–H and O–H groups in total. The molecule has 0 unspecified atom stereocenters. The quantitative estimate of drug-likeness (QED) is 0.871. The van der Waals surface area contributed by atoms with E-state index in [2.05, 4.69) is 10.3 Å². The maximum atomic E-state index is 12.6. The Hall–Kier alpha value is -2.25. The number of pyridine rings is 1. The molecule has 0 saturated heterocycles. The van der Waals surface area contributed by atoms with Crippen molar-refractivity contribution < 1.29 is 13.2 Å². The first kappa shape index (κ1) is 18.1. The van der Waals surface area contributed by atoms with Gasteiger partial charge in [-0.3, -0.25) is 9.78 Å². The summed E-state index contributed by atoms with van der Waals surface area (Å²) in [6.07, 6.45) is 1.60. The number of hydrogen-bond acceptors (Lipinski definition) is 4. The molecular formula is C17H21N3O3S. The number of rotatable bonds is 6. The monoisotopic (exact) mass is 347 g/mol. The Morgan fingerprint density at radius 1 is 1.17 bits per heavy atom. The molecule has 0 radical (unpaired) electrons. The third kappa shape index (κ3) is 3.98. The lowest BCUT2D eigenvalue weighted by molar-refractivity contribution is 0.102. The van der Waals surface area contributed by atoms with Crippen LogP contribution in [0.2, 0.25) is 0 Å². The first-order valence-corrected chi connectivity index (χ1v) is 9.16. The Labute approximate surface area is 142 Å². The van der Waals surface area contributed by atoms with Crippen LogP contribution in [-0.2, 0) is 10.0 Å². The number of aromatic nitrogens is 1. The van der Waals surface area contributed by atoms with Crippen LogP contribution in [0.5, 0.6) is 0 Å². The van der Waals surface area contributed by atoms with Gasteiger partial charge in [-0.25, -0.2) is 8.42 Å². The zero-order valence-electron chi connectivity index (χ0n) is 14.0. The molecule has 0 aliphatic carbocycles. The van der Waals surface area contributed by atoms with E-state index in [1.165, 1.54) is 16.4 Å². The van der Waals surface area contributed by atoms with E-state index in [4.69, 9.17) is 0 Å². The lowest BCUT2D eigenvalue weighted by Gasteiger charge is -2.18. The number of nitrogens with one attached hydrogen (secondary N) is 1. The lowest BCUT2D eigenvalue weighted by Crippen LogP contribution is -2.30. The highest BCUT2D eigenvalue weighted by Crippen LogP contribution is 2.18. The van der Waals surface area contributed by atoms with Crippen molar-refractivity contribution in [2.45, 2.75) is 25.7 Å². The zero-order valence-corrected chi connectivity index (χ0v) is 14.8. The van der Waals surface area contributed by atoms with E-state index in [0.717, 1.165) is 5.69 Å². The molecule has 1 aromatic heterocycles. The normalized spacial score (nSPS) is 11.5. The molecule has 2 rings (SSSR count). The number of amides is 1. The Kier molecular flexibility index (Phi) is 5.69. The third-order valence-corrected chi connectivity index (χ3v) is 5.64. The average Bonchev–Trinajstić information content (AvgIpc) is 2.56. The minimum Gasteiger partial charge on any atom is -0.322 e. The maximum absolute atomic E-state index is 12.6. The van der Waals surface area contributed by atoms with Crippen LogP contribution in [0.25, 0.3) is 0 Å². The molecule has 1 heterocycles. The number of nitrogens with zero attached hydrogens (tertiary/aromatic N) is 2. The highest BCUT2D eigenvalue weighted by atomic mass is 32.2. The van der Waals surface area contributed by atoms with Crippen molar-refractivity contribution in [1.29, 1.82) is 0 Å². The van der Waals surface area contributed by atoms with Crippen molar-refractivity contribution in [3.8, 4) is 0 Å². The van der Waals surface area contributed by atoms with E-state index in [-0.39, 0.29) is 16.4 Å². The van der Waals surface area contributed by atoms with Crippen LogP contribution in [0.15, 0.2) is 47.5 Å². The SMILES string of the molecule is CCN(CC)S(=O)(=O)c1cccc(C(=O)Nc2ccnc(C)c2)c1. The number of aryl methyl sites for hydroxylation is 1. The van der Waals surface area contributed by atoms with Crippen molar-refractivity contribution in [1.82, 2.24) is 9.29 Å². The molecule has 1 aromatic carbocycles. The van der Waals surface area contributed by atoms with Crippen LogP contribution < -0.4 is 5.32 Å². The van der Waals surface area contributed by atoms with Crippen molar-refractivity contribution in [2.75, 3.05) is 18.4 Å². The summed E-state index contributed by atoms with van der Waals surface area (Å²) in [5.74, 6) is -0.364. The molecule has 24 heavy (non-hydrogen) atoms. The summed E-state index contributed by atoms with van der Waals surface area (Å²) in [7, 11) is -3.59. The summed E-state index contributed by atoms with van der Waals surface area (Å²) in [5, 5.41) is 2.75. The predicted octanol–water partition coefficient (Wildman–Crippen LogP) is 2.67. The Bertz CT molecular complexity index is 830. The second-order valence-electron chi connectivity index (χ2n) is 5.26. The van der Waals surface area contributed by atoms with Crippen molar-refractivity contribution in [2.24, 2.45) is 0 Å². The first-order valence-electron chi connectivity index (χ1n) is 7.72. The first-order chi connectivity index (χ1) is 11.4. The molecule has 6 nitrogen and oxygen atoms in total. The number of anilines is 1. The molecule has 0 saturated carbocycles. The summed E-state index contributed by atoms with van der Waals surface area (Å²) in [5.41, 5.74) is 1.69. The summed E-state index contributed by atoms with van der Waals surface area (Å²) < 4.78 is 26.5. The molecule has 7 heteroatoms. The largest absolute Gasteiger partial charge is 0.322 e. The minimum atomic E-state index is -3.59. The van der Waals surface area contributed by atoms with Gasteiger partial charge in [-0.2, -0.15) is 4.31 Å². The van der Waals surface area contributed by atoms with E-state index in [9.17, 15) is 13.2 Å². The highest BCUT2D eigenvalue weighted by molar-refractivity contribution is 7.89. The van der Waals surface area contributed by atoms with Gasteiger partial charge in [0.15, 0.2) is 0 Å². The van der Waals surface area contributed by atoms with E-state index in [1.807, 2.05) is 6.92 Å². The van der Waals surface area contributed by atoms with Gasteiger partial charge in [0, 0.05) is 36.2 Å². The number of carbonyl (C=O) groups excluding carboxylic acids is 1. The summed E-state index contributed by atoms with van der Waals surface area (Å²) in [4.78, 5) is 16.6. The molecule has 0 aliphatic rings. The molecule has 0 aliphatic heterocycles. The van der Waals surface area contributed by atoms with E-state index in [1.54, 1.807) is 44.3 Å². The fourth-order valence-corrected chi connectivity index (χ4v) is 3.84. The van der Waals surface area contributed by atoms with Crippen LogP contribution in [0.4, 0.5) is 5.69 Å².